The van der Waals surface area contributed by atoms with Crippen molar-refractivity contribution in [1.82, 2.24) is 5.32 Å². The fourth-order valence-corrected chi connectivity index (χ4v) is 2.14. The van der Waals surface area contributed by atoms with E-state index >= 15 is 0 Å². The molecule has 0 atom stereocenters. The van der Waals surface area contributed by atoms with Crippen molar-refractivity contribution in [3.63, 3.8) is 0 Å². The number of rotatable bonds is 3. The van der Waals surface area contributed by atoms with E-state index in [-0.39, 0.29) is 18.4 Å². The third kappa shape index (κ3) is 2.78. The topological polar surface area (TPSA) is 87.5 Å². The molecule has 0 unspecified atom stereocenters. The highest BCUT2D eigenvalue weighted by molar-refractivity contribution is 5.96. The lowest BCUT2D eigenvalue weighted by molar-refractivity contribution is -0.119. The first-order valence-corrected chi connectivity index (χ1v) is 6.15. The molecule has 2 rings (SSSR count). The second kappa shape index (κ2) is 5.17. The maximum absolute atomic E-state index is 11.4. The summed E-state index contributed by atoms with van der Waals surface area (Å²) < 4.78 is 0. The zero-order chi connectivity index (χ0) is 14.0. The number of benzene rings is 1. The first kappa shape index (κ1) is 13.2. The van der Waals surface area contributed by atoms with Crippen LogP contribution in [-0.4, -0.2) is 32.5 Å². The Balaban J connectivity index is 2.27. The van der Waals surface area contributed by atoms with Gasteiger partial charge in [-0.25, -0.2) is 0 Å². The number of aryl methyl sites for hydroxylation is 1. The van der Waals surface area contributed by atoms with Crippen molar-refractivity contribution in [2.75, 3.05) is 36.6 Å². The van der Waals surface area contributed by atoms with E-state index in [0.29, 0.717) is 18.5 Å². The molecular formula is C13H18N4O2. The van der Waals surface area contributed by atoms with Gasteiger partial charge < -0.3 is 21.3 Å². The summed E-state index contributed by atoms with van der Waals surface area (Å²) in [5.41, 5.74) is 9.15. The number of nitrogen functional groups attached to an aromatic ring is 1. The Bertz CT molecular complexity index is 528. The summed E-state index contributed by atoms with van der Waals surface area (Å²) in [7, 11) is 3.41. The summed E-state index contributed by atoms with van der Waals surface area (Å²) in [4.78, 5) is 24.5. The third-order valence-electron chi connectivity index (χ3n) is 3.22. The Hall–Kier alpha value is -2.24. The van der Waals surface area contributed by atoms with E-state index in [4.69, 9.17) is 5.73 Å². The van der Waals surface area contributed by atoms with Gasteiger partial charge in [0.2, 0.25) is 11.8 Å². The number of anilines is 3. The quantitative estimate of drug-likeness (QED) is 0.685. The molecule has 1 heterocycles. The molecule has 6 heteroatoms. The van der Waals surface area contributed by atoms with Crippen LogP contribution in [0.1, 0.15) is 12.0 Å². The number of hydrogen-bond acceptors (Lipinski definition) is 4. The van der Waals surface area contributed by atoms with Crippen LogP contribution in [0, 0.1) is 0 Å². The molecule has 0 saturated carbocycles. The molecule has 1 aliphatic heterocycles. The molecule has 4 N–H and O–H groups in total. The first-order chi connectivity index (χ1) is 9.01. The number of carbonyl (C=O) groups is 2. The number of carbonyl (C=O) groups excluding carboxylic acids is 2. The highest BCUT2D eigenvalue weighted by atomic mass is 16.2. The lowest BCUT2D eigenvalue weighted by atomic mass is 10.0. The molecule has 2 amide bonds. The standard InChI is InChI=1S/C13H18N4O2/c1-15-13(19)7-17(2)11-5-8-3-4-12(18)16-10(8)6-9(11)14/h5-6H,3-4,7,14H2,1-2H3,(H,15,19)(H,16,18). The number of nitrogens with two attached hydrogens (primary N) is 1. The van der Waals surface area contributed by atoms with Crippen molar-refractivity contribution in [2.24, 2.45) is 0 Å². The van der Waals surface area contributed by atoms with E-state index < -0.39 is 0 Å². The van der Waals surface area contributed by atoms with Crippen molar-refractivity contribution in [2.45, 2.75) is 12.8 Å². The monoisotopic (exact) mass is 262 g/mol. The molecule has 0 bridgehead atoms. The number of fused-ring (bicyclic) bond motifs is 1. The van der Waals surface area contributed by atoms with E-state index in [2.05, 4.69) is 10.6 Å². The van der Waals surface area contributed by atoms with Gasteiger partial charge in [-0.15, -0.1) is 0 Å². The lowest BCUT2D eigenvalue weighted by Gasteiger charge is -2.24. The third-order valence-corrected chi connectivity index (χ3v) is 3.22. The van der Waals surface area contributed by atoms with Gasteiger partial charge in [-0.3, -0.25) is 9.59 Å². The summed E-state index contributed by atoms with van der Waals surface area (Å²) in [6.45, 7) is 0.242. The van der Waals surface area contributed by atoms with Crippen LogP contribution in [0.2, 0.25) is 0 Å². The number of hydrogen-bond donors (Lipinski definition) is 3. The van der Waals surface area contributed by atoms with Gasteiger partial charge in [-0.1, -0.05) is 0 Å². The largest absolute Gasteiger partial charge is 0.397 e. The van der Waals surface area contributed by atoms with Crippen molar-refractivity contribution in [1.29, 1.82) is 0 Å². The Morgan fingerprint density at radius 2 is 2.21 bits per heavy atom. The average Bonchev–Trinajstić information content (AvgIpc) is 2.37. The minimum Gasteiger partial charge on any atom is -0.397 e. The Labute approximate surface area is 112 Å². The Morgan fingerprint density at radius 3 is 2.89 bits per heavy atom. The minimum absolute atomic E-state index is 0.0124. The molecule has 1 aromatic rings. The van der Waals surface area contributed by atoms with Gasteiger partial charge in [-0.05, 0) is 24.1 Å². The van der Waals surface area contributed by atoms with Gasteiger partial charge >= 0.3 is 0 Å². The average molecular weight is 262 g/mol. The maximum atomic E-state index is 11.4. The van der Waals surface area contributed by atoms with Gasteiger partial charge in [0.05, 0.1) is 17.9 Å². The van der Waals surface area contributed by atoms with Crippen molar-refractivity contribution in [3.05, 3.63) is 17.7 Å². The zero-order valence-corrected chi connectivity index (χ0v) is 11.1. The molecule has 1 aliphatic rings. The molecule has 0 spiro atoms. The second-order valence-electron chi connectivity index (χ2n) is 4.65. The molecule has 19 heavy (non-hydrogen) atoms. The van der Waals surface area contributed by atoms with E-state index in [1.165, 1.54) is 0 Å². The highest BCUT2D eigenvalue weighted by Crippen LogP contribution is 2.32. The van der Waals surface area contributed by atoms with Crippen LogP contribution >= 0.6 is 0 Å². The summed E-state index contributed by atoms with van der Waals surface area (Å²) in [6, 6.07) is 3.69. The fraction of sp³-hybridized carbons (Fsp3) is 0.385. The SMILES string of the molecule is CNC(=O)CN(C)c1cc2c(cc1N)NC(=O)CC2. The van der Waals surface area contributed by atoms with Crippen LogP contribution in [-0.2, 0) is 16.0 Å². The molecular weight excluding hydrogens is 244 g/mol. The van der Waals surface area contributed by atoms with Crippen LogP contribution in [0.25, 0.3) is 0 Å². The molecule has 0 aliphatic carbocycles. The van der Waals surface area contributed by atoms with E-state index in [9.17, 15) is 9.59 Å². The van der Waals surface area contributed by atoms with Crippen LogP contribution in [0.15, 0.2) is 12.1 Å². The van der Waals surface area contributed by atoms with Gasteiger partial charge in [0, 0.05) is 26.2 Å². The van der Waals surface area contributed by atoms with E-state index in [0.717, 1.165) is 16.9 Å². The molecule has 0 aromatic heterocycles. The predicted molar refractivity (Wildman–Crippen MR) is 75.1 cm³/mol. The van der Waals surface area contributed by atoms with Crippen LogP contribution in [0.5, 0.6) is 0 Å². The number of nitrogens with zero attached hydrogens (tertiary/aromatic N) is 1. The van der Waals surface area contributed by atoms with Crippen molar-refractivity contribution >= 4 is 28.9 Å². The molecule has 0 saturated heterocycles. The number of nitrogens with one attached hydrogen (secondary N) is 2. The summed E-state index contributed by atoms with van der Waals surface area (Å²) >= 11 is 0. The summed E-state index contributed by atoms with van der Waals surface area (Å²) in [5, 5.41) is 5.38. The summed E-state index contributed by atoms with van der Waals surface area (Å²) in [5.74, 6) is -0.0636. The maximum Gasteiger partial charge on any atom is 0.239 e. The van der Waals surface area contributed by atoms with Crippen molar-refractivity contribution in [3.8, 4) is 0 Å². The van der Waals surface area contributed by atoms with Crippen LogP contribution < -0.4 is 21.3 Å². The molecule has 0 radical (unpaired) electrons. The van der Waals surface area contributed by atoms with Gasteiger partial charge in [-0.2, -0.15) is 0 Å². The van der Waals surface area contributed by atoms with E-state index in [1.54, 1.807) is 18.0 Å². The first-order valence-electron chi connectivity index (χ1n) is 6.15. The molecule has 102 valence electrons. The Morgan fingerprint density at radius 1 is 1.47 bits per heavy atom. The van der Waals surface area contributed by atoms with E-state index in [1.807, 2.05) is 13.1 Å². The zero-order valence-electron chi connectivity index (χ0n) is 11.1. The highest BCUT2D eigenvalue weighted by Gasteiger charge is 2.18. The molecule has 6 nitrogen and oxygen atoms in total. The van der Waals surface area contributed by atoms with Crippen LogP contribution in [0.3, 0.4) is 0 Å². The number of likely N-dealkylation sites (N-methyl/N-ethyl adjacent to an activating group) is 2. The van der Waals surface area contributed by atoms with Gasteiger partial charge in [0.1, 0.15) is 0 Å². The van der Waals surface area contributed by atoms with Gasteiger partial charge in [0.25, 0.3) is 0 Å². The minimum atomic E-state index is -0.0760. The second-order valence-corrected chi connectivity index (χ2v) is 4.65. The molecule has 1 aromatic carbocycles. The lowest BCUT2D eigenvalue weighted by Crippen LogP contribution is -2.33. The summed E-state index contributed by atoms with van der Waals surface area (Å²) in [6.07, 6.45) is 1.18. The normalized spacial score (nSPS) is 13.5. The smallest absolute Gasteiger partial charge is 0.239 e. The van der Waals surface area contributed by atoms with Gasteiger partial charge in [0.15, 0.2) is 0 Å². The van der Waals surface area contributed by atoms with Crippen molar-refractivity contribution < 1.29 is 9.59 Å². The fourth-order valence-electron chi connectivity index (χ4n) is 2.14. The number of amides is 2. The Kier molecular flexibility index (Phi) is 3.59. The molecule has 0 fully saturated rings. The predicted octanol–water partition coefficient (Wildman–Crippen LogP) is 0.336. The van der Waals surface area contributed by atoms with Crippen LogP contribution in [0.4, 0.5) is 17.1 Å².